The molecule has 2 aliphatic rings. The molecule has 2 N–H and O–H groups in total. The summed E-state index contributed by atoms with van der Waals surface area (Å²) < 4.78 is 24.3. The van der Waals surface area contributed by atoms with Crippen LogP contribution in [0.3, 0.4) is 0 Å². The predicted octanol–water partition coefficient (Wildman–Crippen LogP) is 0.00690. The van der Waals surface area contributed by atoms with Crippen molar-refractivity contribution in [1.82, 2.24) is 4.90 Å². The Hall–Kier alpha value is -0.620. The van der Waals surface area contributed by atoms with Gasteiger partial charge in [0.05, 0.1) is 11.0 Å². The van der Waals surface area contributed by atoms with Gasteiger partial charge < -0.3 is 10.6 Å². The smallest absolute Gasteiger partial charge is 0.225 e. The minimum atomic E-state index is -3.10. The largest absolute Gasteiger partial charge is 0.340 e. The summed E-state index contributed by atoms with van der Waals surface area (Å²) in [4.78, 5) is 13.7. The van der Waals surface area contributed by atoms with Gasteiger partial charge in [0.2, 0.25) is 5.91 Å². The summed E-state index contributed by atoms with van der Waals surface area (Å²) in [6.45, 7) is 4.86. The molecule has 0 aliphatic carbocycles. The molecule has 2 unspecified atom stereocenters. The molecule has 0 aromatic heterocycles. The van der Waals surface area contributed by atoms with Crippen LogP contribution < -0.4 is 5.73 Å². The molecule has 0 aromatic rings. The Bertz CT molecular complexity index is 446. The number of carbonyl (C=O) groups excluding carboxylic acids is 1. The highest BCUT2D eigenvalue weighted by atomic mass is 32.2. The minimum absolute atomic E-state index is 0.0347. The summed E-state index contributed by atoms with van der Waals surface area (Å²) in [5.74, 6) is 0.179. The fourth-order valence-electron chi connectivity index (χ4n) is 3.27. The maximum absolute atomic E-state index is 12.2. The van der Waals surface area contributed by atoms with Crippen molar-refractivity contribution in [2.45, 2.75) is 31.9 Å². The van der Waals surface area contributed by atoms with E-state index in [2.05, 4.69) is 0 Å². The first kappa shape index (κ1) is 13.8. The maximum atomic E-state index is 12.2. The number of likely N-dealkylation sites (tertiary alicyclic amines) is 1. The highest BCUT2D eigenvalue weighted by molar-refractivity contribution is 7.92. The van der Waals surface area contributed by atoms with Crippen LogP contribution in [0.4, 0.5) is 0 Å². The zero-order chi connectivity index (χ0) is 13.6. The van der Waals surface area contributed by atoms with E-state index in [1.165, 1.54) is 0 Å². The molecule has 18 heavy (non-hydrogen) atoms. The number of nitrogens with two attached hydrogens (primary N) is 1. The lowest BCUT2D eigenvalue weighted by atomic mass is 9.82. The number of carbonyl (C=O) groups is 1. The second-order valence-electron chi connectivity index (χ2n) is 5.90. The molecule has 0 spiro atoms. The van der Waals surface area contributed by atoms with Crippen molar-refractivity contribution in [1.29, 1.82) is 0 Å². The number of fused-ring (bicyclic) bond motifs is 1. The van der Waals surface area contributed by atoms with Crippen LogP contribution in [0, 0.1) is 11.3 Å². The summed E-state index contributed by atoms with van der Waals surface area (Å²) in [6, 6.07) is 0. The predicted molar refractivity (Wildman–Crippen MR) is 69.7 cm³/mol. The Balaban J connectivity index is 2.30. The lowest BCUT2D eigenvalue weighted by Crippen LogP contribution is -2.49. The number of amides is 1. The van der Waals surface area contributed by atoms with E-state index in [9.17, 15) is 13.2 Å². The molecule has 2 aliphatic heterocycles. The summed E-state index contributed by atoms with van der Waals surface area (Å²) in [5.41, 5.74) is 5.44. The minimum Gasteiger partial charge on any atom is -0.340 e. The van der Waals surface area contributed by atoms with Crippen molar-refractivity contribution >= 4 is 15.7 Å². The topological polar surface area (TPSA) is 80.5 Å². The Labute approximate surface area is 109 Å². The van der Waals surface area contributed by atoms with Crippen LogP contribution in [0.2, 0.25) is 0 Å². The van der Waals surface area contributed by atoms with Crippen molar-refractivity contribution in [2.75, 3.05) is 25.4 Å². The molecule has 6 heteroatoms. The van der Waals surface area contributed by atoms with Crippen molar-refractivity contribution in [2.24, 2.45) is 17.1 Å². The average molecular weight is 274 g/mol. The molecule has 0 bridgehead atoms. The first-order chi connectivity index (χ1) is 8.32. The molecule has 2 heterocycles. The molecular weight excluding hydrogens is 252 g/mol. The Morgan fingerprint density at radius 1 is 1.50 bits per heavy atom. The summed E-state index contributed by atoms with van der Waals surface area (Å²) in [6.07, 6.45) is 1.48. The third-order valence-corrected chi connectivity index (χ3v) is 6.70. The molecule has 5 nitrogen and oxygen atoms in total. The standard InChI is InChI=1S/C12H22N2O3S/c1-9(2)11(15)14-6-10-12(7-13,8-14)4-3-5-18(10,16)17/h9-10H,3-8,13H2,1-2H3. The number of sulfone groups is 1. The van der Waals surface area contributed by atoms with E-state index >= 15 is 0 Å². The Morgan fingerprint density at radius 3 is 2.67 bits per heavy atom. The number of nitrogens with zero attached hydrogens (tertiary/aromatic N) is 1. The van der Waals surface area contributed by atoms with Gasteiger partial charge >= 0.3 is 0 Å². The van der Waals surface area contributed by atoms with E-state index in [1.54, 1.807) is 4.90 Å². The molecule has 2 saturated heterocycles. The zero-order valence-electron chi connectivity index (χ0n) is 11.1. The molecule has 0 aromatic carbocycles. The molecule has 0 saturated carbocycles. The molecule has 104 valence electrons. The van der Waals surface area contributed by atoms with Gasteiger partial charge in [0.15, 0.2) is 9.84 Å². The highest BCUT2D eigenvalue weighted by Crippen LogP contribution is 2.42. The molecule has 2 rings (SSSR count). The van der Waals surface area contributed by atoms with Crippen molar-refractivity contribution in [3.63, 3.8) is 0 Å². The third kappa shape index (κ3) is 2.05. The van der Waals surface area contributed by atoms with Gasteiger partial charge in [-0.25, -0.2) is 8.42 Å². The SMILES string of the molecule is CC(C)C(=O)N1CC2C(CN)(CCCS2(=O)=O)C1. The van der Waals surface area contributed by atoms with Crippen molar-refractivity contribution < 1.29 is 13.2 Å². The van der Waals surface area contributed by atoms with Crippen LogP contribution in [0.25, 0.3) is 0 Å². The number of rotatable bonds is 2. The Morgan fingerprint density at radius 2 is 2.17 bits per heavy atom. The van der Waals surface area contributed by atoms with Crippen LogP contribution in [-0.2, 0) is 14.6 Å². The van der Waals surface area contributed by atoms with Crippen LogP contribution in [0.5, 0.6) is 0 Å². The number of hydrogen-bond acceptors (Lipinski definition) is 4. The second-order valence-corrected chi connectivity index (χ2v) is 8.20. The second kappa shape index (κ2) is 4.49. The number of hydrogen-bond donors (Lipinski definition) is 1. The van der Waals surface area contributed by atoms with Gasteiger partial charge in [-0.15, -0.1) is 0 Å². The van der Waals surface area contributed by atoms with E-state index in [1.807, 2.05) is 13.8 Å². The van der Waals surface area contributed by atoms with Gasteiger partial charge in [-0.05, 0) is 12.8 Å². The lowest BCUT2D eigenvalue weighted by Gasteiger charge is -2.36. The van der Waals surface area contributed by atoms with Crippen LogP contribution in [0.15, 0.2) is 0 Å². The maximum Gasteiger partial charge on any atom is 0.225 e. The Kier molecular flexibility index (Phi) is 3.44. The van der Waals surface area contributed by atoms with Gasteiger partial charge in [0.25, 0.3) is 0 Å². The molecule has 2 fully saturated rings. The van der Waals surface area contributed by atoms with Crippen LogP contribution in [-0.4, -0.2) is 49.9 Å². The van der Waals surface area contributed by atoms with E-state index in [0.717, 1.165) is 6.42 Å². The van der Waals surface area contributed by atoms with Crippen molar-refractivity contribution in [3.8, 4) is 0 Å². The molecule has 1 amide bonds. The first-order valence-corrected chi connectivity index (χ1v) is 8.24. The van der Waals surface area contributed by atoms with E-state index < -0.39 is 20.5 Å². The highest BCUT2D eigenvalue weighted by Gasteiger charge is 2.54. The first-order valence-electron chi connectivity index (χ1n) is 6.53. The molecular formula is C12H22N2O3S. The third-order valence-electron chi connectivity index (χ3n) is 4.32. The van der Waals surface area contributed by atoms with Gasteiger partial charge in [-0.3, -0.25) is 4.79 Å². The van der Waals surface area contributed by atoms with Gasteiger partial charge in [0, 0.05) is 31.0 Å². The fourth-order valence-corrected chi connectivity index (χ4v) is 5.56. The molecule has 0 radical (unpaired) electrons. The van der Waals surface area contributed by atoms with Crippen molar-refractivity contribution in [3.05, 3.63) is 0 Å². The monoisotopic (exact) mass is 274 g/mol. The zero-order valence-corrected chi connectivity index (χ0v) is 11.9. The quantitative estimate of drug-likeness (QED) is 0.769. The van der Waals surface area contributed by atoms with Crippen LogP contribution in [0.1, 0.15) is 26.7 Å². The summed E-state index contributed by atoms with van der Waals surface area (Å²) in [5, 5.41) is -0.452. The van der Waals surface area contributed by atoms with E-state index in [4.69, 9.17) is 5.73 Å². The van der Waals surface area contributed by atoms with E-state index in [-0.39, 0.29) is 17.6 Å². The van der Waals surface area contributed by atoms with E-state index in [0.29, 0.717) is 26.1 Å². The van der Waals surface area contributed by atoms with Crippen LogP contribution >= 0.6 is 0 Å². The summed E-state index contributed by atoms with van der Waals surface area (Å²) >= 11 is 0. The van der Waals surface area contributed by atoms with Gasteiger partial charge in [0.1, 0.15) is 0 Å². The fraction of sp³-hybridized carbons (Fsp3) is 0.917. The lowest BCUT2D eigenvalue weighted by molar-refractivity contribution is -0.133. The normalized spacial score (nSPS) is 34.7. The van der Waals surface area contributed by atoms with Gasteiger partial charge in [-0.1, -0.05) is 13.8 Å². The average Bonchev–Trinajstić information content (AvgIpc) is 2.69. The summed E-state index contributed by atoms with van der Waals surface area (Å²) in [7, 11) is -3.10. The van der Waals surface area contributed by atoms with Gasteiger partial charge in [-0.2, -0.15) is 0 Å². The molecule has 2 atom stereocenters.